The van der Waals surface area contributed by atoms with Crippen LogP contribution >= 0.6 is 0 Å². The monoisotopic (exact) mass is 230 g/mol. The van der Waals surface area contributed by atoms with Crippen LogP contribution in [0.15, 0.2) is 0 Å². The van der Waals surface area contributed by atoms with E-state index < -0.39 is 5.60 Å². The van der Waals surface area contributed by atoms with E-state index in [-0.39, 0.29) is 18.0 Å². The van der Waals surface area contributed by atoms with Crippen molar-refractivity contribution in [3.8, 4) is 0 Å². The molecule has 4 heteroatoms. The molecule has 1 unspecified atom stereocenters. The fourth-order valence-corrected chi connectivity index (χ4v) is 1.53. The van der Waals surface area contributed by atoms with E-state index >= 15 is 0 Å². The molecule has 0 rings (SSSR count). The first kappa shape index (κ1) is 15.4. The second kappa shape index (κ2) is 6.21. The van der Waals surface area contributed by atoms with Gasteiger partial charge in [0.1, 0.15) is 0 Å². The van der Waals surface area contributed by atoms with Gasteiger partial charge in [0.15, 0.2) is 0 Å². The Kier molecular flexibility index (Phi) is 5.97. The summed E-state index contributed by atoms with van der Waals surface area (Å²) in [6.07, 6.45) is 1.67. The van der Waals surface area contributed by atoms with Crippen molar-refractivity contribution in [2.75, 3.05) is 13.1 Å². The van der Waals surface area contributed by atoms with Crippen molar-refractivity contribution in [3.05, 3.63) is 0 Å². The van der Waals surface area contributed by atoms with Gasteiger partial charge >= 0.3 is 0 Å². The average molecular weight is 230 g/mol. The Bertz CT molecular complexity index is 220. The molecule has 0 fully saturated rings. The maximum absolute atomic E-state index is 11.4. The normalized spacial score (nSPS) is 15.6. The predicted molar refractivity (Wildman–Crippen MR) is 66.3 cm³/mol. The quantitative estimate of drug-likeness (QED) is 0.639. The fraction of sp³-hybridized carbons (Fsp3) is 0.917. The highest BCUT2D eigenvalue weighted by Gasteiger charge is 2.19. The first-order valence-corrected chi connectivity index (χ1v) is 5.90. The summed E-state index contributed by atoms with van der Waals surface area (Å²) in [5.74, 6) is -0.0419. The lowest BCUT2D eigenvalue weighted by Gasteiger charge is -2.24. The summed E-state index contributed by atoms with van der Waals surface area (Å²) in [4.78, 5) is 11.4. The van der Waals surface area contributed by atoms with E-state index in [2.05, 4.69) is 10.6 Å². The number of hydrogen-bond acceptors (Lipinski definition) is 3. The molecule has 0 aromatic carbocycles. The molecule has 0 bridgehead atoms. The number of nitrogens with one attached hydrogen (secondary N) is 2. The molecule has 0 saturated heterocycles. The van der Waals surface area contributed by atoms with Gasteiger partial charge in [0.2, 0.25) is 5.91 Å². The number of carbonyl (C=O) groups excluding carboxylic acids is 1. The van der Waals surface area contributed by atoms with E-state index in [0.717, 1.165) is 12.8 Å². The van der Waals surface area contributed by atoms with Gasteiger partial charge in [-0.05, 0) is 34.1 Å². The largest absolute Gasteiger partial charge is 0.389 e. The Balaban J connectivity index is 3.78. The molecule has 1 atom stereocenters. The van der Waals surface area contributed by atoms with Crippen molar-refractivity contribution in [1.82, 2.24) is 10.6 Å². The zero-order valence-corrected chi connectivity index (χ0v) is 11.2. The molecule has 0 radical (unpaired) electrons. The summed E-state index contributed by atoms with van der Waals surface area (Å²) < 4.78 is 0. The zero-order valence-electron chi connectivity index (χ0n) is 11.2. The second-order valence-electron chi connectivity index (χ2n) is 5.65. The van der Waals surface area contributed by atoms with Crippen LogP contribution in [0.4, 0.5) is 0 Å². The lowest BCUT2D eigenvalue weighted by Crippen LogP contribution is -2.47. The first-order chi connectivity index (χ1) is 7.16. The van der Waals surface area contributed by atoms with Gasteiger partial charge < -0.3 is 15.7 Å². The summed E-state index contributed by atoms with van der Waals surface area (Å²) in [6.45, 7) is 10.3. The Morgan fingerprint density at radius 2 is 1.81 bits per heavy atom. The van der Waals surface area contributed by atoms with Crippen LogP contribution in [-0.4, -0.2) is 35.2 Å². The molecular weight excluding hydrogens is 204 g/mol. The highest BCUT2D eigenvalue weighted by molar-refractivity contribution is 5.78. The third-order valence-electron chi connectivity index (χ3n) is 2.09. The highest BCUT2D eigenvalue weighted by atomic mass is 16.3. The van der Waals surface area contributed by atoms with Gasteiger partial charge in [-0.25, -0.2) is 0 Å². The number of carbonyl (C=O) groups is 1. The Morgan fingerprint density at radius 1 is 1.25 bits per heavy atom. The van der Waals surface area contributed by atoms with Crippen molar-refractivity contribution in [2.24, 2.45) is 0 Å². The van der Waals surface area contributed by atoms with E-state index in [9.17, 15) is 9.90 Å². The van der Waals surface area contributed by atoms with Gasteiger partial charge in [-0.15, -0.1) is 0 Å². The molecule has 0 aliphatic rings. The maximum atomic E-state index is 11.4. The molecule has 3 N–H and O–H groups in total. The van der Waals surface area contributed by atoms with Crippen LogP contribution in [0.1, 0.15) is 47.5 Å². The van der Waals surface area contributed by atoms with Crippen molar-refractivity contribution in [3.63, 3.8) is 0 Å². The molecule has 16 heavy (non-hydrogen) atoms. The van der Waals surface area contributed by atoms with Crippen LogP contribution < -0.4 is 10.6 Å². The van der Waals surface area contributed by atoms with Crippen molar-refractivity contribution >= 4 is 5.91 Å². The SMILES string of the molecule is CCCC(C)(O)CNCC(=O)NC(C)(C)C. The molecular formula is C12H26N2O2. The second-order valence-corrected chi connectivity index (χ2v) is 5.65. The minimum Gasteiger partial charge on any atom is -0.389 e. The van der Waals surface area contributed by atoms with Crippen molar-refractivity contribution in [2.45, 2.75) is 58.6 Å². The summed E-state index contributed by atoms with van der Waals surface area (Å²) in [5.41, 5.74) is -0.929. The van der Waals surface area contributed by atoms with Crippen LogP contribution in [0.25, 0.3) is 0 Å². The van der Waals surface area contributed by atoms with Crippen molar-refractivity contribution in [1.29, 1.82) is 0 Å². The molecule has 0 aromatic rings. The molecule has 96 valence electrons. The number of amides is 1. The zero-order chi connectivity index (χ0) is 12.8. The van der Waals surface area contributed by atoms with E-state index in [0.29, 0.717) is 6.54 Å². The minimum absolute atomic E-state index is 0.0419. The third-order valence-corrected chi connectivity index (χ3v) is 2.09. The lowest BCUT2D eigenvalue weighted by molar-refractivity contribution is -0.121. The molecule has 0 aromatic heterocycles. The maximum Gasteiger partial charge on any atom is 0.234 e. The topological polar surface area (TPSA) is 61.4 Å². The molecule has 0 spiro atoms. The molecule has 0 aliphatic heterocycles. The summed E-state index contributed by atoms with van der Waals surface area (Å²) >= 11 is 0. The molecule has 1 amide bonds. The Labute approximate surface area is 98.8 Å². The number of aliphatic hydroxyl groups is 1. The van der Waals surface area contributed by atoms with E-state index in [1.54, 1.807) is 6.92 Å². The lowest BCUT2D eigenvalue weighted by atomic mass is 10.0. The third kappa shape index (κ3) is 8.68. The number of rotatable bonds is 6. The van der Waals surface area contributed by atoms with Crippen LogP contribution in [-0.2, 0) is 4.79 Å². The summed E-state index contributed by atoms with van der Waals surface area (Å²) in [6, 6.07) is 0. The van der Waals surface area contributed by atoms with E-state index in [1.165, 1.54) is 0 Å². The van der Waals surface area contributed by atoms with Gasteiger partial charge in [0.25, 0.3) is 0 Å². The van der Waals surface area contributed by atoms with Crippen molar-refractivity contribution < 1.29 is 9.90 Å². The fourth-order valence-electron chi connectivity index (χ4n) is 1.53. The van der Waals surface area contributed by atoms with Gasteiger partial charge in [0, 0.05) is 12.1 Å². The van der Waals surface area contributed by atoms with Crippen LogP contribution in [0.5, 0.6) is 0 Å². The predicted octanol–water partition coefficient (Wildman–Crippen LogP) is 1.04. The van der Waals surface area contributed by atoms with Gasteiger partial charge in [-0.3, -0.25) is 4.79 Å². The van der Waals surface area contributed by atoms with Crippen LogP contribution in [0.3, 0.4) is 0 Å². The average Bonchev–Trinajstić information content (AvgIpc) is 1.99. The summed E-state index contributed by atoms with van der Waals surface area (Å²) in [5, 5.41) is 15.7. The Morgan fingerprint density at radius 3 is 2.25 bits per heavy atom. The number of hydrogen-bond donors (Lipinski definition) is 3. The highest BCUT2D eigenvalue weighted by Crippen LogP contribution is 2.09. The molecule has 4 nitrogen and oxygen atoms in total. The minimum atomic E-state index is -0.725. The van der Waals surface area contributed by atoms with E-state index in [1.807, 2.05) is 27.7 Å². The first-order valence-electron chi connectivity index (χ1n) is 5.90. The standard InChI is InChI=1S/C12H26N2O2/c1-6-7-12(5,16)9-13-8-10(15)14-11(2,3)4/h13,16H,6-9H2,1-5H3,(H,14,15). The van der Waals surface area contributed by atoms with Gasteiger partial charge in [-0.1, -0.05) is 13.3 Å². The van der Waals surface area contributed by atoms with Gasteiger partial charge in [-0.2, -0.15) is 0 Å². The Hall–Kier alpha value is -0.610. The van der Waals surface area contributed by atoms with Crippen LogP contribution in [0, 0.1) is 0 Å². The van der Waals surface area contributed by atoms with Gasteiger partial charge in [0.05, 0.1) is 12.1 Å². The van der Waals surface area contributed by atoms with E-state index in [4.69, 9.17) is 0 Å². The molecule has 0 heterocycles. The smallest absolute Gasteiger partial charge is 0.234 e. The molecule has 0 saturated carbocycles. The molecule has 0 aliphatic carbocycles. The summed E-state index contributed by atoms with van der Waals surface area (Å²) in [7, 11) is 0. The van der Waals surface area contributed by atoms with Crippen LogP contribution in [0.2, 0.25) is 0 Å².